The molecule has 0 spiro atoms. The molecule has 0 saturated heterocycles. The van der Waals surface area contributed by atoms with Gasteiger partial charge in [-0.05, 0) is 44.0 Å². The molecule has 1 aromatic carbocycles. The summed E-state index contributed by atoms with van der Waals surface area (Å²) in [5, 5.41) is 4.51. The Labute approximate surface area is 95.9 Å². The van der Waals surface area contributed by atoms with Gasteiger partial charge in [0.15, 0.2) is 0 Å². The van der Waals surface area contributed by atoms with Crippen molar-refractivity contribution in [2.75, 3.05) is 6.54 Å². The van der Waals surface area contributed by atoms with Gasteiger partial charge in [-0.15, -0.1) is 0 Å². The third-order valence-corrected chi connectivity index (χ3v) is 2.67. The minimum atomic E-state index is 0.732. The SMILES string of the molecule is Cc1nn(-c2ccccc2)cc1CCCN. The van der Waals surface area contributed by atoms with Gasteiger partial charge in [0.2, 0.25) is 0 Å². The van der Waals surface area contributed by atoms with Crippen LogP contribution >= 0.6 is 0 Å². The van der Waals surface area contributed by atoms with Crippen molar-refractivity contribution in [2.45, 2.75) is 19.8 Å². The summed E-state index contributed by atoms with van der Waals surface area (Å²) in [5.41, 5.74) is 9.00. The van der Waals surface area contributed by atoms with Crippen LogP contribution in [0, 0.1) is 6.92 Å². The van der Waals surface area contributed by atoms with Gasteiger partial charge in [0.25, 0.3) is 0 Å². The van der Waals surface area contributed by atoms with Crippen molar-refractivity contribution in [3.05, 3.63) is 47.8 Å². The highest BCUT2D eigenvalue weighted by Gasteiger charge is 2.05. The zero-order valence-corrected chi connectivity index (χ0v) is 9.56. The standard InChI is InChI=1S/C13H17N3/c1-11-12(6-5-9-14)10-16(15-11)13-7-3-2-4-8-13/h2-4,7-8,10H,5-6,9,14H2,1H3. The molecule has 3 heteroatoms. The Morgan fingerprint density at radius 3 is 2.69 bits per heavy atom. The number of nitrogens with two attached hydrogens (primary N) is 1. The number of para-hydroxylation sites is 1. The Kier molecular flexibility index (Phi) is 3.37. The van der Waals surface area contributed by atoms with Crippen LogP contribution in [0.15, 0.2) is 36.5 Å². The molecule has 2 N–H and O–H groups in total. The van der Waals surface area contributed by atoms with Crippen molar-refractivity contribution in [2.24, 2.45) is 5.73 Å². The van der Waals surface area contributed by atoms with Crippen LogP contribution in [-0.2, 0) is 6.42 Å². The molecule has 1 heterocycles. The lowest BCUT2D eigenvalue weighted by molar-refractivity contribution is 0.828. The normalized spacial score (nSPS) is 10.6. The Morgan fingerprint density at radius 1 is 1.25 bits per heavy atom. The molecule has 0 bridgehead atoms. The van der Waals surface area contributed by atoms with Gasteiger partial charge in [0.1, 0.15) is 0 Å². The molecule has 1 aromatic heterocycles. The van der Waals surface area contributed by atoms with E-state index in [-0.39, 0.29) is 0 Å². The van der Waals surface area contributed by atoms with E-state index in [9.17, 15) is 0 Å². The predicted molar refractivity (Wildman–Crippen MR) is 65.7 cm³/mol. The molecule has 0 unspecified atom stereocenters. The Morgan fingerprint density at radius 2 is 2.00 bits per heavy atom. The Bertz CT molecular complexity index is 445. The van der Waals surface area contributed by atoms with E-state index in [1.54, 1.807) is 0 Å². The summed E-state index contributed by atoms with van der Waals surface area (Å²) in [6.45, 7) is 2.78. The summed E-state index contributed by atoms with van der Waals surface area (Å²) in [4.78, 5) is 0. The zero-order chi connectivity index (χ0) is 11.4. The number of hydrogen-bond donors (Lipinski definition) is 1. The Hall–Kier alpha value is -1.61. The van der Waals surface area contributed by atoms with Crippen LogP contribution in [0.2, 0.25) is 0 Å². The van der Waals surface area contributed by atoms with E-state index in [2.05, 4.69) is 23.4 Å². The fourth-order valence-corrected chi connectivity index (χ4v) is 1.75. The van der Waals surface area contributed by atoms with Crippen molar-refractivity contribution in [3.8, 4) is 5.69 Å². The number of benzene rings is 1. The van der Waals surface area contributed by atoms with Gasteiger partial charge in [0.05, 0.1) is 11.4 Å². The van der Waals surface area contributed by atoms with E-state index in [0.717, 1.165) is 30.8 Å². The molecule has 0 radical (unpaired) electrons. The van der Waals surface area contributed by atoms with Crippen molar-refractivity contribution in [1.82, 2.24) is 9.78 Å². The van der Waals surface area contributed by atoms with Crippen LogP contribution in [0.3, 0.4) is 0 Å². The number of nitrogens with zero attached hydrogens (tertiary/aromatic N) is 2. The first-order valence-electron chi connectivity index (χ1n) is 5.62. The number of rotatable bonds is 4. The Balaban J connectivity index is 2.24. The topological polar surface area (TPSA) is 43.8 Å². The third kappa shape index (κ3) is 2.31. The predicted octanol–water partition coefficient (Wildman–Crippen LogP) is 2.07. The van der Waals surface area contributed by atoms with Crippen molar-refractivity contribution in [1.29, 1.82) is 0 Å². The van der Waals surface area contributed by atoms with E-state index in [0.29, 0.717) is 0 Å². The fourth-order valence-electron chi connectivity index (χ4n) is 1.75. The number of aromatic nitrogens is 2. The molecule has 0 aliphatic carbocycles. The highest BCUT2D eigenvalue weighted by molar-refractivity contribution is 5.32. The molecule has 16 heavy (non-hydrogen) atoms. The minimum absolute atomic E-state index is 0.732. The zero-order valence-electron chi connectivity index (χ0n) is 9.56. The maximum atomic E-state index is 5.52. The number of aryl methyl sites for hydroxylation is 2. The highest BCUT2D eigenvalue weighted by Crippen LogP contribution is 2.12. The molecule has 0 saturated carbocycles. The molecule has 0 atom stereocenters. The first-order chi connectivity index (χ1) is 7.81. The van der Waals surface area contributed by atoms with E-state index in [4.69, 9.17) is 5.73 Å². The lowest BCUT2D eigenvalue weighted by Gasteiger charge is -1.98. The first-order valence-corrected chi connectivity index (χ1v) is 5.62. The average Bonchev–Trinajstić information content (AvgIpc) is 2.69. The highest BCUT2D eigenvalue weighted by atomic mass is 15.3. The second-order valence-electron chi connectivity index (χ2n) is 3.91. The molecule has 2 rings (SSSR count). The average molecular weight is 215 g/mol. The summed E-state index contributed by atoms with van der Waals surface area (Å²) in [6.07, 6.45) is 4.12. The second-order valence-corrected chi connectivity index (χ2v) is 3.91. The van der Waals surface area contributed by atoms with Gasteiger partial charge in [-0.25, -0.2) is 4.68 Å². The molecule has 0 fully saturated rings. The van der Waals surface area contributed by atoms with Crippen molar-refractivity contribution < 1.29 is 0 Å². The summed E-state index contributed by atoms with van der Waals surface area (Å²) in [6, 6.07) is 10.2. The van der Waals surface area contributed by atoms with Gasteiger partial charge >= 0.3 is 0 Å². The monoisotopic (exact) mass is 215 g/mol. The number of hydrogen-bond acceptors (Lipinski definition) is 2. The smallest absolute Gasteiger partial charge is 0.0645 e. The lowest BCUT2D eigenvalue weighted by Crippen LogP contribution is -2.00. The van der Waals surface area contributed by atoms with Gasteiger partial charge < -0.3 is 5.73 Å². The molecule has 0 amide bonds. The quantitative estimate of drug-likeness (QED) is 0.848. The summed E-state index contributed by atoms with van der Waals surface area (Å²) < 4.78 is 1.93. The largest absolute Gasteiger partial charge is 0.330 e. The first kappa shape index (κ1) is 10.9. The van der Waals surface area contributed by atoms with Gasteiger partial charge in [-0.3, -0.25) is 0 Å². The second kappa shape index (κ2) is 4.94. The minimum Gasteiger partial charge on any atom is -0.330 e. The summed E-state index contributed by atoms with van der Waals surface area (Å²) >= 11 is 0. The van der Waals surface area contributed by atoms with Gasteiger partial charge in [-0.1, -0.05) is 18.2 Å². The molecular formula is C13H17N3. The lowest BCUT2D eigenvalue weighted by atomic mass is 10.1. The van der Waals surface area contributed by atoms with E-state index in [1.807, 2.05) is 29.8 Å². The van der Waals surface area contributed by atoms with Crippen LogP contribution in [0.1, 0.15) is 17.7 Å². The summed E-state index contributed by atoms with van der Waals surface area (Å²) in [5.74, 6) is 0. The maximum Gasteiger partial charge on any atom is 0.0645 e. The third-order valence-electron chi connectivity index (χ3n) is 2.67. The van der Waals surface area contributed by atoms with E-state index < -0.39 is 0 Å². The van der Waals surface area contributed by atoms with Crippen LogP contribution in [0.5, 0.6) is 0 Å². The fraction of sp³-hybridized carbons (Fsp3) is 0.308. The van der Waals surface area contributed by atoms with E-state index >= 15 is 0 Å². The van der Waals surface area contributed by atoms with Crippen LogP contribution in [-0.4, -0.2) is 16.3 Å². The van der Waals surface area contributed by atoms with Gasteiger partial charge in [-0.2, -0.15) is 5.10 Å². The van der Waals surface area contributed by atoms with Crippen LogP contribution in [0.4, 0.5) is 0 Å². The maximum absolute atomic E-state index is 5.52. The molecule has 3 nitrogen and oxygen atoms in total. The molecule has 2 aromatic rings. The van der Waals surface area contributed by atoms with E-state index in [1.165, 1.54) is 5.56 Å². The van der Waals surface area contributed by atoms with Crippen molar-refractivity contribution in [3.63, 3.8) is 0 Å². The molecule has 84 valence electrons. The molecule has 0 aliphatic rings. The van der Waals surface area contributed by atoms with Crippen LogP contribution in [0.25, 0.3) is 5.69 Å². The molecule has 0 aliphatic heterocycles. The summed E-state index contributed by atoms with van der Waals surface area (Å²) in [7, 11) is 0. The van der Waals surface area contributed by atoms with Crippen molar-refractivity contribution >= 4 is 0 Å². The molecular weight excluding hydrogens is 198 g/mol. The van der Waals surface area contributed by atoms with Gasteiger partial charge in [0, 0.05) is 6.20 Å². The van der Waals surface area contributed by atoms with Crippen LogP contribution < -0.4 is 5.73 Å².